The monoisotopic (exact) mass is 290 g/mol. The number of carbonyl (C=O) groups is 1. The highest BCUT2D eigenvalue weighted by Crippen LogP contribution is 2.13. The second-order valence-electron chi connectivity index (χ2n) is 4.75. The first-order valence-corrected chi connectivity index (χ1v) is 6.86. The van der Waals surface area contributed by atoms with Crippen LogP contribution in [-0.2, 0) is 0 Å². The Bertz CT molecular complexity index is 807. The summed E-state index contributed by atoms with van der Waals surface area (Å²) in [7, 11) is 0. The number of allylic oxidation sites excluding steroid dienone is 1. The van der Waals surface area contributed by atoms with Crippen LogP contribution in [-0.4, -0.2) is 25.8 Å². The first-order chi connectivity index (χ1) is 10.8. The van der Waals surface area contributed by atoms with Crippen molar-refractivity contribution in [1.29, 1.82) is 0 Å². The highest BCUT2D eigenvalue weighted by molar-refractivity contribution is 6.06. The average Bonchev–Trinajstić information content (AvgIpc) is 2.96. The molecule has 0 spiro atoms. The summed E-state index contributed by atoms with van der Waals surface area (Å²) in [6, 6.07) is 13.3. The minimum atomic E-state index is -0.177. The highest BCUT2D eigenvalue weighted by atomic mass is 16.1. The van der Waals surface area contributed by atoms with Gasteiger partial charge in [-0.3, -0.25) is 9.78 Å². The lowest BCUT2D eigenvalue weighted by atomic mass is 10.2. The molecule has 1 aromatic carbocycles. The fraction of sp³-hybridized carbons (Fsp3) is 0.0588. The summed E-state index contributed by atoms with van der Waals surface area (Å²) < 4.78 is 1.66. The van der Waals surface area contributed by atoms with Crippen molar-refractivity contribution < 1.29 is 4.79 Å². The lowest BCUT2D eigenvalue weighted by Gasteiger charge is -2.01. The van der Waals surface area contributed by atoms with Crippen molar-refractivity contribution in [2.75, 3.05) is 0 Å². The molecule has 5 heteroatoms. The zero-order valence-electron chi connectivity index (χ0n) is 12.0. The minimum Gasteiger partial charge on any atom is -0.287 e. The van der Waals surface area contributed by atoms with E-state index in [-0.39, 0.29) is 5.78 Å². The van der Waals surface area contributed by atoms with E-state index in [2.05, 4.69) is 15.3 Å². The molecule has 3 rings (SSSR count). The van der Waals surface area contributed by atoms with Crippen molar-refractivity contribution in [1.82, 2.24) is 20.0 Å². The molecular formula is C17H14N4O. The number of hydrogen-bond donors (Lipinski definition) is 0. The molecule has 0 fully saturated rings. The van der Waals surface area contributed by atoms with E-state index in [0.29, 0.717) is 11.4 Å². The molecule has 0 atom stereocenters. The van der Waals surface area contributed by atoms with Gasteiger partial charge in [-0.2, -0.15) is 0 Å². The Balaban J connectivity index is 1.85. The van der Waals surface area contributed by atoms with E-state index in [4.69, 9.17) is 0 Å². The van der Waals surface area contributed by atoms with E-state index in [1.54, 1.807) is 23.2 Å². The maximum atomic E-state index is 12.3. The van der Waals surface area contributed by atoms with Gasteiger partial charge in [-0.25, -0.2) is 4.68 Å². The summed E-state index contributed by atoms with van der Waals surface area (Å²) in [5.74, 6) is -0.177. The van der Waals surface area contributed by atoms with E-state index in [1.165, 1.54) is 6.08 Å². The number of rotatable bonds is 4. The fourth-order valence-corrected chi connectivity index (χ4v) is 2.10. The van der Waals surface area contributed by atoms with Gasteiger partial charge in [0.05, 0.1) is 11.4 Å². The molecule has 0 bridgehead atoms. The highest BCUT2D eigenvalue weighted by Gasteiger charge is 2.14. The van der Waals surface area contributed by atoms with Gasteiger partial charge >= 0.3 is 0 Å². The first kappa shape index (κ1) is 13.9. The predicted octanol–water partition coefficient (Wildman–Crippen LogP) is 2.87. The SMILES string of the molecule is Cc1c(C(=O)C=Cc2cccnc2)nnn1-c1ccccc1. The zero-order valence-corrected chi connectivity index (χ0v) is 12.0. The Labute approximate surface area is 127 Å². The summed E-state index contributed by atoms with van der Waals surface area (Å²) in [5, 5.41) is 8.06. The molecule has 22 heavy (non-hydrogen) atoms. The number of hydrogen-bond acceptors (Lipinski definition) is 4. The van der Waals surface area contributed by atoms with Gasteiger partial charge in [0.15, 0.2) is 5.69 Å². The third-order valence-electron chi connectivity index (χ3n) is 3.24. The van der Waals surface area contributed by atoms with E-state index in [1.807, 2.05) is 49.4 Å². The van der Waals surface area contributed by atoms with Gasteiger partial charge in [-0.15, -0.1) is 5.10 Å². The van der Waals surface area contributed by atoms with Crippen molar-refractivity contribution in [2.24, 2.45) is 0 Å². The predicted molar refractivity (Wildman–Crippen MR) is 83.7 cm³/mol. The molecule has 0 amide bonds. The van der Waals surface area contributed by atoms with Crippen molar-refractivity contribution in [3.63, 3.8) is 0 Å². The molecular weight excluding hydrogens is 276 g/mol. The van der Waals surface area contributed by atoms with Crippen molar-refractivity contribution >= 4 is 11.9 Å². The van der Waals surface area contributed by atoms with Crippen molar-refractivity contribution in [2.45, 2.75) is 6.92 Å². The molecule has 0 saturated heterocycles. The smallest absolute Gasteiger partial charge is 0.208 e. The molecule has 2 heterocycles. The number of aromatic nitrogens is 4. The van der Waals surface area contributed by atoms with E-state index < -0.39 is 0 Å². The Kier molecular flexibility index (Phi) is 3.87. The number of nitrogens with zero attached hydrogens (tertiary/aromatic N) is 4. The number of pyridine rings is 1. The van der Waals surface area contributed by atoms with Crippen LogP contribution in [0.15, 0.2) is 60.9 Å². The summed E-state index contributed by atoms with van der Waals surface area (Å²) in [5.41, 5.74) is 2.81. The molecule has 0 radical (unpaired) electrons. The summed E-state index contributed by atoms with van der Waals surface area (Å²) >= 11 is 0. The van der Waals surface area contributed by atoms with E-state index >= 15 is 0 Å². The standard InChI is InChI=1S/C17H14N4O/c1-13-17(16(22)10-9-14-6-5-11-18-12-14)19-20-21(13)15-7-3-2-4-8-15/h2-12H,1H3. The second-order valence-corrected chi connectivity index (χ2v) is 4.75. The molecule has 0 N–H and O–H groups in total. The van der Waals surface area contributed by atoms with E-state index in [0.717, 1.165) is 11.3 Å². The van der Waals surface area contributed by atoms with Gasteiger partial charge in [0.1, 0.15) is 0 Å². The molecule has 5 nitrogen and oxygen atoms in total. The van der Waals surface area contributed by atoms with Crippen LogP contribution >= 0.6 is 0 Å². The molecule has 3 aromatic rings. The lowest BCUT2D eigenvalue weighted by Crippen LogP contribution is -2.01. The molecule has 108 valence electrons. The van der Waals surface area contributed by atoms with E-state index in [9.17, 15) is 4.79 Å². The normalized spacial score (nSPS) is 11.0. The number of para-hydroxylation sites is 1. The molecule has 0 aliphatic carbocycles. The van der Waals surface area contributed by atoms with Crippen LogP contribution in [0.4, 0.5) is 0 Å². The van der Waals surface area contributed by atoms with Crippen LogP contribution in [0.1, 0.15) is 21.7 Å². The van der Waals surface area contributed by atoms with Crippen molar-refractivity contribution in [3.05, 3.63) is 77.9 Å². The summed E-state index contributed by atoms with van der Waals surface area (Å²) in [4.78, 5) is 16.3. The van der Waals surface area contributed by atoms with Crippen molar-refractivity contribution in [3.8, 4) is 5.69 Å². The van der Waals surface area contributed by atoms with Crippen LogP contribution < -0.4 is 0 Å². The third kappa shape index (κ3) is 2.83. The largest absolute Gasteiger partial charge is 0.287 e. The van der Waals surface area contributed by atoms with Crippen LogP contribution in [0.3, 0.4) is 0 Å². The van der Waals surface area contributed by atoms with Gasteiger partial charge < -0.3 is 0 Å². The molecule has 0 saturated carbocycles. The number of ketones is 1. The molecule has 2 aromatic heterocycles. The van der Waals surface area contributed by atoms with Gasteiger partial charge in [0.25, 0.3) is 0 Å². The maximum absolute atomic E-state index is 12.3. The zero-order chi connectivity index (χ0) is 15.4. The summed E-state index contributed by atoms with van der Waals surface area (Å²) in [6.07, 6.45) is 6.59. The third-order valence-corrected chi connectivity index (χ3v) is 3.24. The van der Waals surface area contributed by atoms with Crippen LogP contribution in [0, 0.1) is 6.92 Å². The Hall–Kier alpha value is -3.08. The fourth-order valence-electron chi connectivity index (χ4n) is 2.10. The van der Waals surface area contributed by atoms with Crippen LogP contribution in [0.25, 0.3) is 11.8 Å². The molecule has 0 unspecified atom stereocenters. The maximum Gasteiger partial charge on any atom is 0.208 e. The Morgan fingerprint density at radius 1 is 1.14 bits per heavy atom. The van der Waals surface area contributed by atoms with Gasteiger partial charge in [-0.05, 0) is 42.8 Å². The average molecular weight is 290 g/mol. The van der Waals surface area contributed by atoms with Gasteiger partial charge in [0.2, 0.25) is 5.78 Å². The lowest BCUT2D eigenvalue weighted by molar-refractivity contribution is 0.104. The van der Waals surface area contributed by atoms with Crippen LogP contribution in [0.5, 0.6) is 0 Å². The second kappa shape index (κ2) is 6.13. The quantitative estimate of drug-likeness (QED) is 0.547. The van der Waals surface area contributed by atoms with Crippen LogP contribution in [0.2, 0.25) is 0 Å². The van der Waals surface area contributed by atoms with Gasteiger partial charge in [-0.1, -0.05) is 29.5 Å². The first-order valence-electron chi connectivity index (χ1n) is 6.86. The summed E-state index contributed by atoms with van der Waals surface area (Å²) in [6.45, 7) is 1.83. The molecule has 0 aliphatic heterocycles. The topological polar surface area (TPSA) is 60.7 Å². The Morgan fingerprint density at radius 3 is 2.68 bits per heavy atom. The van der Waals surface area contributed by atoms with Gasteiger partial charge in [0, 0.05) is 12.4 Å². The number of carbonyl (C=O) groups excluding carboxylic acids is 1. The Morgan fingerprint density at radius 2 is 1.95 bits per heavy atom. The minimum absolute atomic E-state index is 0.177. The molecule has 0 aliphatic rings. The number of benzene rings is 1.